The highest BCUT2D eigenvalue weighted by Crippen LogP contribution is 2.41. The monoisotopic (exact) mass is 292 g/mol. The normalized spacial score (nSPS) is 18.7. The molecular weight excluding hydrogens is 266 g/mol. The molecule has 4 nitrogen and oxygen atoms in total. The number of quaternary nitrogens is 1. The Balaban J connectivity index is 2.17. The molecule has 0 heterocycles. The summed E-state index contributed by atoms with van der Waals surface area (Å²) in [6.07, 6.45) is 3.88. The first-order chi connectivity index (χ1) is 10.0. The molecule has 1 unspecified atom stereocenters. The first-order valence-electron chi connectivity index (χ1n) is 7.79. The van der Waals surface area contributed by atoms with E-state index in [1.54, 1.807) is 0 Å². The number of carbonyl (C=O) groups is 1. The van der Waals surface area contributed by atoms with E-state index in [1.807, 2.05) is 44.4 Å². The van der Waals surface area contributed by atoms with E-state index < -0.39 is 11.6 Å². The molecule has 1 aromatic rings. The van der Waals surface area contributed by atoms with Gasteiger partial charge in [0, 0.05) is 5.92 Å². The summed E-state index contributed by atoms with van der Waals surface area (Å²) >= 11 is 0. The SMILES string of the molecule is C[NH+](C)CCOC(=O)C(O)(c1ccccc1)C1CCCC1. The fourth-order valence-corrected chi connectivity index (χ4v) is 3.01. The van der Waals surface area contributed by atoms with Gasteiger partial charge in [0.15, 0.2) is 5.60 Å². The highest BCUT2D eigenvalue weighted by Gasteiger charge is 2.47. The Labute approximate surface area is 126 Å². The van der Waals surface area contributed by atoms with Gasteiger partial charge in [-0.2, -0.15) is 0 Å². The number of nitrogens with one attached hydrogen (secondary N) is 1. The van der Waals surface area contributed by atoms with E-state index >= 15 is 0 Å². The summed E-state index contributed by atoms with van der Waals surface area (Å²) in [6, 6.07) is 9.23. The first kappa shape index (κ1) is 16.0. The van der Waals surface area contributed by atoms with Crippen LogP contribution in [-0.2, 0) is 15.1 Å². The lowest BCUT2D eigenvalue weighted by atomic mass is 9.80. The van der Waals surface area contributed by atoms with E-state index in [1.165, 1.54) is 4.90 Å². The van der Waals surface area contributed by atoms with Gasteiger partial charge in [0.2, 0.25) is 0 Å². The van der Waals surface area contributed by atoms with Crippen LogP contribution in [0.5, 0.6) is 0 Å². The molecule has 1 atom stereocenters. The second-order valence-electron chi connectivity index (χ2n) is 6.21. The average molecular weight is 292 g/mol. The third-order valence-electron chi connectivity index (χ3n) is 4.31. The summed E-state index contributed by atoms with van der Waals surface area (Å²) in [5, 5.41) is 11.1. The number of esters is 1. The zero-order valence-corrected chi connectivity index (χ0v) is 13.0. The molecule has 4 heteroatoms. The van der Waals surface area contributed by atoms with Crippen molar-refractivity contribution in [2.45, 2.75) is 31.3 Å². The second-order valence-corrected chi connectivity index (χ2v) is 6.21. The zero-order chi connectivity index (χ0) is 15.3. The second kappa shape index (κ2) is 7.05. The number of likely N-dealkylation sites (N-methyl/N-ethyl adjacent to an activating group) is 1. The number of aliphatic hydroxyl groups is 1. The van der Waals surface area contributed by atoms with Crippen LogP contribution in [0.15, 0.2) is 30.3 Å². The zero-order valence-electron chi connectivity index (χ0n) is 13.0. The average Bonchev–Trinajstić information content (AvgIpc) is 3.01. The molecule has 1 saturated carbocycles. The number of hydrogen-bond donors (Lipinski definition) is 2. The van der Waals surface area contributed by atoms with Crippen molar-refractivity contribution >= 4 is 5.97 Å². The van der Waals surface area contributed by atoms with Crippen molar-refractivity contribution in [1.82, 2.24) is 0 Å². The molecule has 1 fully saturated rings. The predicted molar refractivity (Wildman–Crippen MR) is 80.9 cm³/mol. The minimum absolute atomic E-state index is 0.0425. The fraction of sp³-hybridized carbons (Fsp3) is 0.588. The smallest absolute Gasteiger partial charge is 0.343 e. The van der Waals surface area contributed by atoms with Crippen LogP contribution < -0.4 is 4.90 Å². The largest absolute Gasteiger partial charge is 0.457 e. The molecule has 0 radical (unpaired) electrons. The molecular formula is C17H26NO3+. The predicted octanol–water partition coefficient (Wildman–Crippen LogP) is 0.752. The molecule has 1 aromatic carbocycles. The lowest BCUT2D eigenvalue weighted by Crippen LogP contribution is -3.06. The van der Waals surface area contributed by atoms with Crippen molar-refractivity contribution in [3.05, 3.63) is 35.9 Å². The van der Waals surface area contributed by atoms with Gasteiger partial charge in [-0.3, -0.25) is 0 Å². The van der Waals surface area contributed by atoms with Crippen LogP contribution in [0.1, 0.15) is 31.2 Å². The van der Waals surface area contributed by atoms with Crippen LogP contribution in [0.3, 0.4) is 0 Å². The molecule has 0 amide bonds. The van der Waals surface area contributed by atoms with Gasteiger partial charge in [-0.15, -0.1) is 0 Å². The van der Waals surface area contributed by atoms with Crippen LogP contribution in [0.4, 0.5) is 0 Å². The third-order valence-corrected chi connectivity index (χ3v) is 4.31. The van der Waals surface area contributed by atoms with Gasteiger partial charge in [-0.25, -0.2) is 4.79 Å². The standard InChI is InChI=1S/C17H25NO3/c1-18(2)12-13-21-16(19)17(20,15-10-6-7-11-15)14-8-4-3-5-9-14/h3-5,8-9,15,20H,6-7,10-13H2,1-2H3/p+1. The third kappa shape index (κ3) is 3.63. The van der Waals surface area contributed by atoms with Crippen molar-refractivity contribution in [2.24, 2.45) is 5.92 Å². The molecule has 0 aromatic heterocycles. The molecule has 0 aliphatic heterocycles. The summed E-state index contributed by atoms with van der Waals surface area (Å²) < 4.78 is 5.38. The van der Waals surface area contributed by atoms with E-state index in [4.69, 9.17) is 4.74 Å². The molecule has 0 bridgehead atoms. The summed E-state index contributed by atoms with van der Waals surface area (Å²) in [4.78, 5) is 13.8. The highest BCUT2D eigenvalue weighted by atomic mass is 16.5. The lowest BCUT2D eigenvalue weighted by molar-refractivity contribution is -0.858. The minimum Gasteiger partial charge on any atom is -0.457 e. The number of rotatable bonds is 6. The van der Waals surface area contributed by atoms with Crippen LogP contribution in [-0.4, -0.2) is 38.3 Å². The topological polar surface area (TPSA) is 51.0 Å². The molecule has 0 spiro atoms. The van der Waals surface area contributed by atoms with Crippen LogP contribution in [0.2, 0.25) is 0 Å². The number of benzene rings is 1. The number of ether oxygens (including phenoxy) is 1. The van der Waals surface area contributed by atoms with E-state index in [0.717, 1.165) is 32.2 Å². The van der Waals surface area contributed by atoms with Crippen molar-refractivity contribution in [3.63, 3.8) is 0 Å². The van der Waals surface area contributed by atoms with Gasteiger partial charge >= 0.3 is 5.97 Å². The van der Waals surface area contributed by atoms with Gasteiger partial charge in [0.05, 0.1) is 14.1 Å². The van der Waals surface area contributed by atoms with Gasteiger partial charge < -0.3 is 14.7 Å². The molecule has 1 aliphatic carbocycles. The van der Waals surface area contributed by atoms with Gasteiger partial charge in [0.25, 0.3) is 0 Å². The minimum atomic E-state index is -1.50. The molecule has 1 aliphatic rings. The molecule has 116 valence electrons. The summed E-state index contributed by atoms with van der Waals surface area (Å²) in [6.45, 7) is 1.07. The maximum atomic E-state index is 12.6. The van der Waals surface area contributed by atoms with Gasteiger partial charge in [-0.05, 0) is 18.4 Å². The fourth-order valence-electron chi connectivity index (χ4n) is 3.01. The highest BCUT2D eigenvalue weighted by molar-refractivity contribution is 5.81. The first-order valence-corrected chi connectivity index (χ1v) is 7.79. The molecule has 2 rings (SSSR count). The Kier molecular flexibility index (Phi) is 5.37. The van der Waals surface area contributed by atoms with E-state index in [2.05, 4.69) is 0 Å². The van der Waals surface area contributed by atoms with Crippen molar-refractivity contribution in [2.75, 3.05) is 27.2 Å². The van der Waals surface area contributed by atoms with Crippen molar-refractivity contribution in [1.29, 1.82) is 0 Å². The van der Waals surface area contributed by atoms with Crippen molar-refractivity contribution in [3.8, 4) is 0 Å². The van der Waals surface area contributed by atoms with E-state index in [9.17, 15) is 9.90 Å². The van der Waals surface area contributed by atoms with E-state index in [0.29, 0.717) is 12.2 Å². The van der Waals surface area contributed by atoms with Gasteiger partial charge in [0.1, 0.15) is 13.2 Å². The van der Waals surface area contributed by atoms with Crippen LogP contribution >= 0.6 is 0 Å². The Morgan fingerprint density at radius 1 is 1.29 bits per heavy atom. The Morgan fingerprint density at radius 3 is 2.48 bits per heavy atom. The summed E-state index contributed by atoms with van der Waals surface area (Å²) in [5.41, 5.74) is -0.849. The maximum Gasteiger partial charge on any atom is 0.343 e. The summed E-state index contributed by atoms with van der Waals surface area (Å²) in [5.74, 6) is -0.541. The Morgan fingerprint density at radius 2 is 1.90 bits per heavy atom. The maximum absolute atomic E-state index is 12.6. The molecule has 2 N–H and O–H groups in total. The van der Waals surface area contributed by atoms with E-state index in [-0.39, 0.29) is 5.92 Å². The Bertz CT molecular complexity index is 454. The number of hydrogen-bond acceptors (Lipinski definition) is 3. The molecule has 0 saturated heterocycles. The van der Waals surface area contributed by atoms with Crippen molar-refractivity contribution < 1.29 is 19.5 Å². The van der Waals surface area contributed by atoms with Crippen LogP contribution in [0.25, 0.3) is 0 Å². The summed E-state index contributed by atoms with van der Waals surface area (Å²) in [7, 11) is 4.02. The lowest BCUT2D eigenvalue weighted by Gasteiger charge is -2.32. The quantitative estimate of drug-likeness (QED) is 0.761. The number of carbonyl (C=O) groups excluding carboxylic acids is 1. The van der Waals surface area contributed by atoms with Gasteiger partial charge in [-0.1, -0.05) is 43.2 Å². The molecule has 21 heavy (non-hydrogen) atoms. The Hall–Kier alpha value is -1.39. The van der Waals surface area contributed by atoms with Crippen LogP contribution in [0, 0.1) is 5.92 Å².